The van der Waals surface area contributed by atoms with Crippen LogP contribution in [-0.2, 0) is 6.42 Å². The topological polar surface area (TPSA) is 15.3 Å². The van der Waals surface area contributed by atoms with Crippen LogP contribution in [0, 0.1) is 0 Å². The van der Waals surface area contributed by atoms with E-state index in [1.807, 2.05) is 0 Å². The van der Waals surface area contributed by atoms with Gasteiger partial charge >= 0.3 is 0 Å². The molecule has 0 atom stereocenters. The second-order valence-corrected chi connectivity index (χ2v) is 6.07. The minimum atomic E-state index is 0.239. The molecule has 2 heteroatoms. The lowest BCUT2D eigenvalue weighted by atomic mass is 10.1. The zero-order chi connectivity index (χ0) is 13.4. The van der Waals surface area contributed by atoms with Gasteiger partial charge in [0.1, 0.15) is 0 Å². The molecule has 1 rings (SSSR count). The zero-order valence-electron chi connectivity index (χ0n) is 12.4. The highest BCUT2D eigenvalue weighted by atomic mass is 15.1. The van der Waals surface area contributed by atoms with Crippen LogP contribution in [0.1, 0.15) is 32.8 Å². The van der Waals surface area contributed by atoms with Crippen molar-refractivity contribution in [3.05, 3.63) is 35.9 Å². The molecule has 0 aliphatic rings. The number of rotatable bonds is 7. The van der Waals surface area contributed by atoms with Crippen molar-refractivity contribution in [3.63, 3.8) is 0 Å². The third-order valence-electron chi connectivity index (χ3n) is 3.00. The molecule has 1 N–H and O–H groups in total. The summed E-state index contributed by atoms with van der Waals surface area (Å²) in [5.74, 6) is 0. The van der Waals surface area contributed by atoms with Crippen LogP contribution in [0.2, 0.25) is 0 Å². The highest BCUT2D eigenvalue weighted by Gasteiger charge is 2.07. The lowest BCUT2D eigenvalue weighted by Gasteiger charge is -2.22. The largest absolute Gasteiger partial charge is 0.312 e. The van der Waals surface area contributed by atoms with Crippen LogP contribution in [0.25, 0.3) is 0 Å². The van der Waals surface area contributed by atoms with Gasteiger partial charge in [-0.2, -0.15) is 0 Å². The first-order valence-electron chi connectivity index (χ1n) is 6.95. The summed E-state index contributed by atoms with van der Waals surface area (Å²) in [6.07, 6.45) is 2.35. The van der Waals surface area contributed by atoms with E-state index in [0.717, 1.165) is 26.1 Å². The lowest BCUT2D eigenvalue weighted by molar-refractivity contribution is 0.320. The molecular formula is C16H28N2. The van der Waals surface area contributed by atoms with Gasteiger partial charge in [-0.3, -0.25) is 0 Å². The zero-order valence-corrected chi connectivity index (χ0v) is 12.4. The van der Waals surface area contributed by atoms with Gasteiger partial charge in [-0.15, -0.1) is 0 Å². The van der Waals surface area contributed by atoms with Crippen molar-refractivity contribution in [1.82, 2.24) is 10.2 Å². The summed E-state index contributed by atoms with van der Waals surface area (Å²) in [7, 11) is 2.21. The Bertz CT molecular complexity index is 314. The summed E-state index contributed by atoms with van der Waals surface area (Å²) in [6.45, 7) is 10.0. The summed E-state index contributed by atoms with van der Waals surface area (Å²) in [4.78, 5) is 2.41. The fraction of sp³-hybridized carbons (Fsp3) is 0.625. The number of likely N-dealkylation sites (N-methyl/N-ethyl adjacent to an activating group) is 1. The fourth-order valence-electron chi connectivity index (χ4n) is 1.89. The summed E-state index contributed by atoms with van der Waals surface area (Å²) in [5.41, 5.74) is 1.67. The van der Waals surface area contributed by atoms with Crippen LogP contribution in [0.5, 0.6) is 0 Å². The van der Waals surface area contributed by atoms with E-state index in [1.165, 1.54) is 12.0 Å². The van der Waals surface area contributed by atoms with Crippen molar-refractivity contribution in [2.24, 2.45) is 0 Å². The monoisotopic (exact) mass is 248 g/mol. The van der Waals surface area contributed by atoms with Gasteiger partial charge in [0.15, 0.2) is 0 Å². The third kappa shape index (κ3) is 7.46. The van der Waals surface area contributed by atoms with Crippen molar-refractivity contribution in [1.29, 1.82) is 0 Å². The van der Waals surface area contributed by atoms with E-state index in [2.05, 4.69) is 68.4 Å². The summed E-state index contributed by atoms with van der Waals surface area (Å²) in [6, 6.07) is 10.7. The van der Waals surface area contributed by atoms with Crippen LogP contribution in [-0.4, -0.2) is 37.1 Å². The molecule has 102 valence electrons. The van der Waals surface area contributed by atoms with E-state index < -0.39 is 0 Å². The minimum Gasteiger partial charge on any atom is -0.312 e. The Morgan fingerprint density at radius 1 is 1.06 bits per heavy atom. The molecule has 0 amide bonds. The fourth-order valence-corrected chi connectivity index (χ4v) is 1.89. The first kappa shape index (κ1) is 15.2. The second-order valence-electron chi connectivity index (χ2n) is 6.07. The number of benzene rings is 1. The molecule has 0 spiro atoms. The van der Waals surface area contributed by atoms with E-state index in [4.69, 9.17) is 0 Å². The molecule has 0 unspecified atom stereocenters. The molecule has 2 nitrogen and oxygen atoms in total. The van der Waals surface area contributed by atoms with Gasteiger partial charge in [0, 0.05) is 12.1 Å². The molecule has 0 heterocycles. The molecule has 0 aromatic heterocycles. The quantitative estimate of drug-likeness (QED) is 0.746. The van der Waals surface area contributed by atoms with Crippen molar-refractivity contribution < 1.29 is 0 Å². The lowest BCUT2D eigenvalue weighted by Crippen LogP contribution is -2.37. The summed E-state index contributed by atoms with van der Waals surface area (Å²) >= 11 is 0. The van der Waals surface area contributed by atoms with E-state index in [9.17, 15) is 0 Å². The van der Waals surface area contributed by atoms with Gasteiger partial charge in [-0.1, -0.05) is 30.3 Å². The van der Waals surface area contributed by atoms with Gasteiger partial charge < -0.3 is 10.2 Å². The van der Waals surface area contributed by atoms with Crippen molar-refractivity contribution >= 4 is 0 Å². The smallest absolute Gasteiger partial charge is 0.00965 e. The number of nitrogens with one attached hydrogen (secondary N) is 1. The maximum atomic E-state index is 3.52. The Kier molecular flexibility index (Phi) is 6.37. The maximum absolute atomic E-state index is 3.52. The van der Waals surface area contributed by atoms with Crippen LogP contribution in [0.3, 0.4) is 0 Å². The van der Waals surface area contributed by atoms with E-state index in [0.29, 0.717) is 0 Å². The van der Waals surface area contributed by atoms with Gasteiger partial charge in [-0.05, 0) is 59.3 Å². The van der Waals surface area contributed by atoms with E-state index >= 15 is 0 Å². The van der Waals surface area contributed by atoms with Crippen molar-refractivity contribution in [2.75, 3.05) is 26.7 Å². The predicted molar refractivity (Wildman–Crippen MR) is 80.0 cm³/mol. The van der Waals surface area contributed by atoms with Crippen LogP contribution >= 0.6 is 0 Å². The molecule has 1 aromatic carbocycles. The maximum Gasteiger partial charge on any atom is 0.00965 e. The average molecular weight is 248 g/mol. The van der Waals surface area contributed by atoms with Crippen LogP contribution in [0.4, 0.5) is 0 Å². The van der Waals surface area contributed by atoms with E-state index in [1.54, 1.807) is 0 Å². The Labute approximate surface area is 112 Å². The molecule has 0 fully saturated rings. The number of hydrogen-bond donors (Lipinski definition) is 1. The second kappa shape index (κ2) is 7.55. The molecular weight excluding hydrogens is 220 g/mol. The number of hydrogen-bond acceptors (Lipinski definition) is 2. The Hall–Kier alpha value is -0.860. The first-order chi connectivity index (χ1) is 8.47. The first-order valence-corrected chi connectivity index (χ1v) is 6.95. The molecule has 0 aliphatic heterocycles. The number of nitrogens with zero attached hydrogens (tertiary/aromatic N) is 1. The SMILES string of the molecule is CN(CCCNC(C)(C)C)CCc1ccccc1. The average Bonchev–Trinajstić information content (AvgIpc) is 2.32. The molecule has 18 heavy (non-hydrogen) atoms. The molecule has 0 radical (unpaired) electrons. The van der Waals surface area contributed by atoms with Crippen molar-refractivity contribution in [3.8, 4) is 0 Å². The Morgan fingerprint density at radius 3 is 2.33 bits per heavy atom. The van der Waals surface area contributed by atoms with Gasteiger partial charge in [0.2, 0.25) is 0 Å². The highest BCUT2D eigenvalue weighted by Crippen LogP contribution is 2.01. The van der Waals surface area contributed by atoms with Crippen LogP contribution < -0.4 is 5.32 Å². The van der Waals surface area contributed by atoms with E-state index in [-0.39, 0.29) is 5.54 Å². The molecule has 0 bridgehead atoms. The highest BCUT2D eigenvalue weighted by molar-refractivity contribution is 5.14. The molecule has 0 saturated carbocycles. The minimum absolute atomic E-state index is 0.239. The Balaban J connectivity index is 2.09. The normalized spacial score (nSPS) is 12.1. The van der Waals surface area contributed by atoms with Gasteiger partial charge in [-0.25, -0.2) is 0 Å². The molecule has 1 aromatic rings. The Morgan fingerprint density at radius 2 is 1.72 bits per heavy atom. The predicted octanol–water partition coefficient (Wildman–Crippen LogP) is 2.94. The summed E-state index contributed by atoms with van der Waals surface area (Å²) in [5, 5.41) is 3.52. The van der Waals surface area contributed by atoms with Gasteiger partial charge in [0.25, 0.3) is 0 Å². The van der Waals surface area contributed by atoms with Gasteiger partial charge in [0.05, 0.1) is 0 Å². The standard InChI is InChI=1S/C16H28N2/c1-16(2,3)17-12-8-13-18(4)14-11-15-9-6-5-7-10-15/h5-7,9-10,17H,8,11-14H2,1-4H3. The summed E-state index contributed by atoms with van der Waals surface area (Å²) < 4.78 is 0. The van der Waals surface area contributed by atoms with Crippen molar-refractivity contribution in [2.45, 2.75) is 39.2 Å². The van der Waals surface area contributed by atoms with Crippen LogP contribution in [0.15, 0.2) is 30.3 Å². The third-order valence-corrected chi connectivity index (χ3v) is 3.00. The molecule has 0 aliphatic carbocycles. The molecule has 0 saturated heterocycles.